The molecule has 0 radical (unpaired) electrons. The zero-order chi connectivity index (χ0) is 6.85. The number of aliphatic carboxylic acids is 1. The molecule has 52 valence electrons. The van der Waals surface area contributed by atoms with Crippen LogP contribution in [0.3, 0.4) is 0 Å². The topological polar surface area (TPSA) is 37.3 Å². The summed E-state index contributed by atoms with van der Waals surface area (Å²) in [7, 11) is 0. The van der Waals surface area contributed by atoms with Crippen LogP contribution in [0, 0.1) is 5.92 Å². The van der Waals surface area contributed by atoms with Gasteiger partial charge in [0.1, 0.15) is 0 Å². The molecule has 2 atom stereocenters. The molecule has 2 nitrogen and oxygen atoms in total. The Hall–Kier alpha value is -0.0500. The van der Waals surface area contributed by atoms with E-state index in [9.17, 15) is 4.79 Å². The summed E-state index contributed by atoms with van der Waals surface area (Å²) in [6.45, 7) is 0. The molecule has 9 heavy (non-hydrogen) atoms. The largest absolute Gasteiger partial charge is 0.481 e. The van der Waals surface area contributed by atoms with Crippen molar-refractivity contribution in [1.29, 1.82) is 0 Å². The number of hydrogen-bond acceptors (Lipinski definition) is 1. The summed E-state index contributed by atoms with van der Waals surface area (Å²) in [5.41, 5.74) is 0. The average Bonchev–Trinajstić information content (AvgIpc) is 2.13. The van der Waals surface area contributed by atoms with Crippen molar-refractivity contribution < 1.29 is 9.90 Å². The fourth-order valence-corrected chi connectivity index (χ4v) is 2.01. The van der Waals surface area contributed by atoms with Crippen molar-refractivity contribution in [3.8, 4) is 0 Å². The van der Waals surface area contributed by atoms with Gasteiger partial charge in [-0.15, -0.1) is 0 Å². The minimum absolute atomic E-state index is 0.134. The van der Waals surface area contributed by atoms with Crippen molar-refractivity contribution in [2.75, 3.05) is 0 Å². The van der Waals surface area contributed by atoms with Gasteiger partial charge in [0.15, 0.2) is 0 Å². The summed E-state index contributed by atoms with van der Waals surface area (Å²) in [5.74, 6) is -0.792. The summed E-state index contributed by atoms with van der Waals surface area (Å²) in [4.78, 5) is 10.6. The first-order valence-electron chi connectivity index (χ1n) is 3.08. The first kappa shape index (κ1) is 7.06. The number of halogens is 1. The first-order chi connectivity index (χ1) is 4.22. The number of carboxylic acid groups (broad SMARTS) is 1. The van der Waals surface area contributed by atoms with Crippen molar-refractivity contribution in [2.45, 2.75) is 24.1 Å². The van der Waals surface area contributed by atoms with E-state index < -0.39 is 5.97 Å². The van der Waals surface area contributed by atoms with Crippen molar-refractivity contribution in [3.63, 3.8) is 0 Å². The summed E-state index contributed by atoms with van der Waals surface area (Å²) in [6.07, 6.45) is 2.90. The van der Waals surface area contributed by atoms with Gasteiger partial charge in [-0.05, 0) is 12.8 Å². The minimum atomic E-state index is -0.658. The molecule has 1 rings (SSSR count). The second-order valence-electron chi connectivity index (χ2n) is 2.39. The van der Waals surface area contributed by atoms with E-state index in [1.54, 1.807) is 0 Å². The van der Waals surface area contributed by atoms with Crippen molar-refractivity contribution in [1.82, 2.24) is 0 Å². The monoisotopic (exact) mass is 192 g/mol. The van der Waals surface area contributed by atoms with E-state index in [0.717, 1.165) is 19.3 Å². The maximum atomic E-state index is 10.4. The van der Waals surface area contributed by atoms with E-state index in [-0.39, 0.29) is 10.7 Å². The van der Waals surface area contributed by atoms with Gasteiger partial charge in [0, 0.05) is 4.83 Å². The van der Waals surface area contributed by atoms with Gasteiger partial charge in [0.2, 0.25) is 0 Å². The maximum Gasteiger partial charge on any atom is 0.307 e. The molecular formula is C6H9BrO2. The van der Waals surface area contributed by atoms with Gasteiger partial charge in [0.25, 0.3) is 0 Å². The summed E-state index contributed by atoms with van der Waals surface area (Å²) < 4.78 is 0. The van der Waals surface area contributed by atoms with Crippen LogP contribution in [0.5, 0.6) is 0 Å². The van der Waals surface area contributed by atoms with Gasteiger partial charge in [0.05, 0.1) is 5.92 Å². The third kappa shape index (κ3) is 1.45. The molecule has 1 fully saturated rings. The number of alkyl halides is 1. The zero-order valence-corrected chi connectivity index (χ0v) is 6.60. The van der Waals surface area contributed by atoms with Gasteiger partial charge in [-0.2, -0.15) is 0 Å². The smallest absolute Gasteiger partial charge is 0.307 e. The van der Waals surface area contributed by atoms with Crippen LogP contribution in [-0.2, 0) is 4.79 Å². The molecule has 1 saturated carbocycles. The Morgan fingerprint density at radius 1 is 1.56 bits per heavy atom. The number of rotatable bonds is 1. The lowest BCUT2D eigenvalue weighted by atomic mass is 10.1. The molecule has 0 heterocycles. The van der Waals surface area contributed by atoms with Crippen molar-refractivity contribution >= 4 is 21.9 Å². The van der Waals surface area contributed by atoms with Crippen molar-refractivity contribution in [2.24, 2.45) is 5.92 Å². The van der Waals surface area contributed by atoms with Crippen LogP contribution >= 0.6 is 15.9 Å². The fourth-order valence-electron chi connectivity index (χ4n) is 1.19. The van der Waals surface area contributed by atoms with E-state index in [1.807, 2.05) is 0 Å². The highest BCUT2D eigenvalue weighted by Crippen LogP contribution is 2.31. The normalized spacial score (nSPS) is 34.8. The Morgan fingerprint density at radius 2 is 2.22 bits per heavy atom. The lowest BCUT2D eigenvalue weighted by molar-refractivity contribution is -0.141. The Labute approximate surface area is 62.4 Å². The zero-order valence-electron chi connectivity index (χ0n) is 5.01. The van der Waals surface area contributed by atoms with E-state index in [0.29, 0.717) is 0 Å². The van der Waals surface area contributed by atoms with Crippen LogP contribution < -0.4 is 0 Å². The number of hydrogen-bond donors (Lipinski definition) is 1. The summed E-state index contributed by atoms with van der Waals surface area (Å²) in [5, 5.41) is 8.55. The van der Waals surface area contributed by atoms with E-state index >= 15 is 0 Å². The molecule has 0 unspecified atom stereocenters. The van der Waals surface area contributed by atoms with Crippen LogP contribution in [0.25, 0.3) is 0 Å². The number of carbonyl (C=O) groups is 1. The van der Waals surface area contributed by atoms with Gasteiger partial charge < -0.3 is 5.11 Å². The average molecular weight is 193 g/mol. The molecular weight excluding hydrogens is 184 g/mol. The Morgan fingerprint density at radius 3 is 2.44 bits per heavy atom. The van der Waals surface area contributed by atoms with Crippen LogP contribution in [-0.4, -0.2) is 15.9 Å². The van der Waals surface area contributed by atoms with Crippen LogP contribution in [0.2, 0.25) is 0 Å². The van der Waals surface area contributed by atoms with Gasteiger partial charge >= 0.3 is 5.97 Å². The van der Waals surface area contributed by atoms with Crippen molar-refractivity contribution in [3.05, 3.63) is 0 Å². The van der Waals surface area contributed by atoms with Gasteiger partial charge in [-0.25, -0.2) is 0 Å². The molecule has 0 aromatic rings. The first-order valence-corrected chi connectivity index (χ1v) is 4.00. The Balaban J connectivity index is 2.49. The standard InChI is InChI=1S/C6H9BrO2/c7-5-3-1-2-4(5)6(8)9/h4-5H,1-3H2,(H,8,9)/t4-,5+/m0/s1. The third-order valence-corrected chi connectivity index (χ3v) is 2.84. The van der Waals surface area contributed by atoms with E-state index in [2.05, 4.69) is 15.9 Å². The third-order valence-electron chi connectivity index (χ3n) is 1.75. The molecule has 1 aliphatic rings. The summed E-state index contributed by atoms with van der Waals surface area (Å²) >= 11 is 3.32. The second-order valence-corrected chi connectivity index (χ2v) is 3.57. The Kier molecular flexibility index (Phi) is 2.11. The Bertz CT molecular complexity index is 124. The van der Waals surface area contributed by atoms with Gasteiger partial charge in [-0.3, -0.25) is 4.79 Å². The van der Waals surface area contributed by atoms with Crippen LogP contribution in [0.4, 0.5) is 0 Å². The fraction of sp³-hybridized carbons (Fsp3) is 0.833. The highest BCUT2D eigenvalue weighted by Gasteiger charge is 2.30. The van der Waals surface area contributed by atoms with E-state index in [4.69, 9.17) is 5.11 Å². The predicted molar refractivity (Wildman–Crippen MR) is 37.7 cm³/mol. The molecule has 0 aromatic carbocycles. The lowest BCUT2D eigenvalue weighted by Crippen LogP contribution is -2.17. The summed E-state index contributed by atoms with van der Waals surface area (Å²) in [6, 6.07) is 0. The highest BCUT2D eigenvalue weighted by molar-refractivity contribution is 9.09. The van der Waals surface area contributed by atoms with Crippen LogP contribution in [0.1, 0.15) is 19.3 Å². The minimum Gasteiger partial charge on any atom is -0.481 e. The SMILES string of the molecule is O=C(O)[C@H]1CCC[C@H]1Br. The molecule has 0 bridgehead atoms. The second kappa shape index (κ2) is 2.69. The van der Waals surface area contributed by atoms with Gasteiger partial charge in [-0.1, -0.05) is 22.4 Å². The predicted octanol–water partition coefficient (Wildman–Crippen LogP) is 1.63. The lowest BCUT2D eigenvalue weighted by Gasteiger charge is -2.05. The molecule has 0 spiro atoms. The number of carboxylic acids is 1. The molecule has 3 heteroatoms. The molecule has 0 saturated heterocycles. The highest BCUT2D eigenvalue weighted by atomic mass is 79.9. The molecule has 1 N–H and O–H groups in total. The molecule has 1 aliphatic carbocycles. The molecule has 0 aliphatic heterocycles. The van der Waals surface area contributed by atoms with E-state index in [1.165, 1.54) is 0 Å². The van der Waals surface area contributed by atoms with Crippen LogP contribution in [0.15, 0.2) is 0 Å². The molecule has 0 amide bonds. The molecule has 0 aromatic heterocycles. The quantitative estimate of drug-likeness (QED) is 0.642. The maximum absolute atomic E-state index is 10.4.